The monoisotopic (exact) mass is 1450 g/mol. The van der Waals surface area contributed by atoms with Crippen molar-refractivity contribution < 1.29 is 42.5 Å². The number of rotatable bonds is 15. The molecule has 104 heavy (non-hydrogen) atoms. The van der Waals surface area contributed by atoms with E-state index < -0.39 is 49.9 Å². The number of hydrogen-bond donors (Lipinski definition) is 0. The highest BCUT2D eigenvalue weighted by molar-refractivity contribution is 6.31. The molecule has 10 aromatic rings. The van der Waals surface area contributed by atoms with Gasteiger partial charge in [0.25, 0.3) is 23.3 Å². The minimum atomic E-state index is -0.734. The van der Waals surface area contributed by atoms with Crippen LogP contribution in [0.5, 0.6) is 0 Å². The van der Waals surface area contributed by atoms with E-state index in [0.29, 0.717) is 151 Å². The van der Waals surface area contributed by atoms with Gasteiger partial charge >= 0.3 is 28.5 Å². The summed E-state index contributed by atoms with van der Waals surface area (Å²) in [5.74, 6) is -1.88. The minimum Gasteiger partial charge on any atom is -0.462 e. The van der Waals surface area contributed by atoms with Crippen molar-refractivity contribution >= 4 is 108 Å². The first-order valence-corrected chi connectivity index (χ1v) is 34.4. The summed E-state index contributed by atoms with van der Waals surface area (Å²) < 4.78 is 36.2. The van der Waals surface area contributed by atoms with Crippen molar-refractivity contribution in [2.24, 2.45) is 7.05 Å². The van der Waals surface area contributed by atoms with Crippen LogP contribution in [0.4, 0.5) is 37.2 Å². The van der Waals surface area contributed by atoms with Crippen LogP contribution in [0.2, 0.25) is 10.0 Å². The zero-order chi connectivity index (χ0) is 74.2. The number of benzene rings is 7. The molecule has 0 radical (unpaired) electrons. The predicted octanol–water partition coefficient (Wildman–Crippen LogP) is 10.9. The molecule has 3 amide bonds. The molecular weight excluding hydrogens is 1380 g/mol. The summed E-state index contributed by atoms with van der Waals surface area (Å²) in [6.45, 7) is 9.59. The first kappa shape index (κ1) is 73.9. The molecule has 0 unspecified atom stereocenters. The number of hydrogen-bond acceptors (Lipinski definition) is 16. The number of nitro groups is 2. The van der Waals surface area contributed by atoms with E-state index in [9.17, 15) is 62.6 Å². The number of anilines is 3. The third-order valence-electron chi connectivity index (χ3n) is 18.6. The van der Waals surface area contributed by atoms with Gasteiger partial charge in [-0.1, -0.05) is 83.4 Å². The van der Waals surface area contributed by atoms with Gasteiger partial charge in [0.2, 0.25) is 0 Å². The lowest BCUT2D eigenvalue weighted by Gasteiger charge is -2.37. The number of pyridine rings is 3. The largest absolute Gasteiger partial charge is 0.462 e. The molecule has 24 nitrogen and oxygen atoms in total. The zero-order valence-corrected chi connectivity index (χ0v) is 59.2. The first-order chi connectivity index (χ1) is 49.9. The SMILES string of the molecule is CCOC(=O)c1c(N2CCN(C(=O)c3ccc(Cl)cc3)CC2)c2cc(C)ccc2n(CCN(C)C)c1=O.Cn1c(=O)c([N+](=O)[O-])c(N2CCN(C(=O)c3ccc(F)cc3)CC2)c2ccccc21.O=C(c1ccc(Cl)cc1)N1CCN(c2c([N+](=O)[O-])c(=O)n(Cc3ccc(F)cc3)c3ccccc23)CC1. The average Bonchev–Trinajstić information content (AvgIpc) is 0.756. The lowest BCUT2D eigenvalue weighted by Crippen LogP contribution is -2.49. The van der Waals surface area contributed by atoms with Gasteiger partial charge in [-0.15, -0.1) is 0 Å². The van der Waals surface area contributed by atoms with E-state index in [1.165, 1.54) is 52.6 Å². The number of fused-ring (bicyclic) bond motifs is 3. The second-order valence-electron chi connectivity index (χ2n) is 25.4. The number of carbonyl (C=O) groups is 4. The molecule has 7 aromatic carbocycles. The summed E-state index contributed by atoms with van der Waals surface area (Å²) in [4.78, 5) is 127. The number of likely N-dealkylation sites (N-methyl/N-ethyl adjacent to an activating group) is 1. The molecule has 0 aliphatic carbocycles. The molecule has 28 heteroatoms. The van der Waals surface area contributed by atoms with Crippen LogP contribution in [0.15, 0.2) is 178 Å². The summed E-state index contributed by atoms with van der Waals surface area (Å²) in [6, 6.07) is 44.5. The maximum absolute atomic E-state index is 13.8. The number of amides is 3. The predicted molar refractivity (Wildman–Crippen MR) is 397 cm³/mol. The van der Waals surface area contributed by atoms with Gasteiger partial charge in [0.05, 0.1) is 45.2 Å². The highest BCUT2D eigenvalue weighted by Crippen LogP contribution is 2.37. The molecule has 0 N–H and O–H groups in total. The van der Waals surface area contributed by atoms with E-state index >= 15 is 0 Å². The molecule has 0 spiro atoms. The van der Waals surface area contributed by atoms with Gasteiger partial charge in [0.1, 0.15) is 28.6 Å². The second kappa shape index (κ2) is 32.3. The van der Waals surface area contributed by atoms with E-state index in [-0.39, 0.29) is 53.4 Å². The van der Waals surface area contributed by atoms with Gasteiger partial charge in [-0.3, -0.25) is 53.6 Å². The van der Waals surface area contributed by atoms with Crippen LogP contribution in [0.1, 0.15) is 59.5 Å². The quantitative estimate of drug-likeness (QED) is 0.0525. The second-order valence-corrected chi connectivity index (χ2v) is 26.3. The fourth-order valence-electron chi connectivity index (χ4n) is 13.3. The molecule has 3 saturated heterocycles. The minimum absolute atomic E-state index is 0.0520. The third-order valence-corrected chi connectivity index (χ3v) is 19.1. The number of halogens is 4. The van der Waals surface area contributed by atoms with Gasteiger partial charge in [-0.2, -0.15) is 0 Å². The first-order valence-electron chi connectivity index (χ1n) is 33.6. The topological polar surface area (TPSA) is 252 Å². The summed E-state index contributed by atoms with van der Waals surface area (Å²) in [5, 5.41) is 27.1. The fraction of sp³-hybridized carbons (Fsp3) is 0.276. The number of aromatic nitrogens is 3. The number of nitrogens with zero attached hydrogens (tertiary/aromatic N) is 12. The van der Waals surface area contributed by atoms with E-state index in [2.05, 4.69) is 0 Å². The smallest absolute Gasteiger partial charge is 0.357 e. The lowest BCUT2D eigenvalue weighted by atomic mass is 10.0. The van der Waals surface area contributed by atoms with Gasteiger partial charge in [-0.25, -0.2) is 13.6 Å². The van der Waals surface area contributed by atoms with Crippen LogP contribution in [-0.4, -0.2) is 173 Å². The Hall–Kier alpha value is -11.4. The average molecular weight is 1460 g/mol. The van der Waals surface area contributed by atoms with E-state index in [0.717, 1.165) is 16.5 Å². The summed E-state index contributed by atoms with van der Waals surface area (Å²) in [7, 11) is 5.41. The van der Waals surface area contributed by atoms with E-state index in [1.54, 1.807) is 145 Å². The van der Waals surface area contributed by atoms with Crippen LogP contribution >= 0.6 is 23.2 Å². The van der Waals surface area contributed by atoms with E-state index in [1.807, 2.05) is 49.0 Å². The van der Waals surface area contributed by atoms with Crippen molar-refractivity contribution in [3.63, 3.8) is 0 Å². The van der Waals surface area contributed by atoms with Gasteiger partial charge in [0.15, 0.2) is 0 Å². The van der Waals surface area contributed by atoms with Crippen molar-refractivity contribution in [2.75, 3.05) is 120 Å². The molecule has 13 rings (SSSR count). The van der Waals surface area contributed by atoms with Crippen molar-refractivity contribution in [3.8, 4) is 0 Å². The molecule has 0 saturated carbocycles. The molecule has 3 aliphatic heterocycles. The Balaban J connectivity index is 0.000000157. The van der Waals surface area contributed by atoms with Gasteiger partial charge in [-0.05, 0) is 143 Å². The zero-order valence-electron chi connectivity index (χ0n) is 57.7. The van der Waals surface area contributed by atoms with Crippen LogP contribution in [0.3, 0.4) is 0 Å². The molecule has 0 atom stereocenters. The van der Waals surface area contributed by atoms with Crippen LogP contribution in [0, 0.1) is 38.8 Å². The van der Waals surface area contributed by atoms with Crippen molar-refractivity contribution in [2.45, 2.75) is 26.9 Å². The van der Waals surface area contributed by atoms with E-state index in [4.69, 9.17) is 27.9 Å². The molecule has 3 fully saturated rings. The number of para-hydroxylation sites is 2. The Bertz CT molecular complexity index is 5110. The molecule has 538 valence electrons. The number of piperazine rings is 3. The molecule has 6 heterocycles. The Labute approximate surface area is 605 Å². The van der Waals surface area contributed by atoms with Gasteiger partial charge < -0.3 is 48.2 Å². The lowest BCUT2D eigenvalue weighted by molar-refractivity contribution is -0.385. The van der Waals surface area contributed by atoms with Crippen molar-refractivity contribution in [3.05, 3.63) is 270 Å². The number of aryl methyl sites for hydroxylation is 2. The Morgan fingerprint density at radius 3 is 1.36 bits per heavy atom. The third kappa shape index (κ3) is 16.0. The number of ether oxygens (including phenoxy) is 1. The summed E-state index contributed by atoms with van der Waals surface area (Å²) in [5.41, 5.74) is 3.50. The summed E-state index contributed by atoms with van der Waals surface area (Å²) >= 11 is 11.9. The highest BCUT2D eigenvalue weighted by Gasteiger charge is 2.36. The van der Waals surface area contributed by atoms with Crippen molar-refractivity contribution in [1.29, 1.82) is 0 Å². The normalized spacial score (nSPS) is 13.9. The van der Waals surface area contributed by atoms with Crippen molar-refractivity contribution in [1.82, 2.24) is 33.3 Å². The Morgan fingerprint density at radius 2 is 0.904 bits per heavy atom. The van der Waals surface area contributed by atoms with Gasteiger partial charge in [0, 0.05) is 142 Å². The molecule has 3 aromatic heterocycles. The standard InChI is InChI=1S/C28H33ClN4O4.C27H22ClFN4O4.C21H19FN4O4/c1-5-37-28(36)24-25(22-18-19(2)6-11-23(22)33(27(24)35)17-12-30(3)4)31-13-15-32(16-14-31)26(34)20-7-9-21(29)10-8-20;28-20-9-7-19(8-10-20)26(34)31-15-13-30(14-16-31)24-22-3-1-2-4-23(22)32(27(35)25(24)33(36)37)17-18-5-11-21(29)12-6-18;1-23-17-5-3-2-4-16(17)18(19(21(23)28)26(29)30)24-10-12-25(13-11-24)20(27)14-6-8-15(22)9-7-14/h6-11,18H,5,12-17H2,1-4H3;1-12H,13-17H2;2-9H,10-13H2,1H3. The Morgan fingerprint density at radius 1 is 0.500 bits per heavy atom. The molecular formula is C76H74Cl2F2N12O12. The number of carbonyl (C=O) groups excluding carboxylic acids is 4. The molecule has 0 bridgehead atoms. The Kier molecular flexibility index (Phi) is 23.0. The van der Waals surface area contributed by atoms with Crippen LogP contribution in [0.25, 0.3) is 32.7 Å². The molecule has 3 aliphatic rings. The summed E-state index contributed by atoms with van der Waals surface area (Å²) in [6.07, 6.45) is 0. The highest BCUT2D eigenvalue weighted by atomic mass is 35.5. The maximum Gasteiger partial charge on any atom is 0.357 e. The van der Waals surface area contributed by atoms with Crippen LogP contribution in [-0.2, 0) is 24.9 Å². The fourth-order valence-corrected chi connectivity index (χ4v) is 13.5. The maximum atomic E-state index is 13.8. The number of esters is 1. The van der Waals surface area contributed by atoms with Crippen LogP contribution < -0.4 is 31.4 Å².